The van der Waals surface area contributed by atoms with Gasteiger partial charge in [-0.05, 0) is 12.5 Å². The number of hydrogen-bond acceptors (Lipinski definition) is 5. The van der Waals surface area contributed by atoms with E-state index in [-0.39, 0.29) is 24.3 Å². The van der Waals surface area contributed by atoms with Crippen molar-refractivity contribution in [2.75, 3.05) is 7.11 Å². The molecule has 0 N–H and O–H groups in total. The first-order valence-electron chi connectivity index (χ1n) is 6.01. The van der Waals surface area contributed by atoms with E-state index >= 15 is 0 Å². The molecule has 0 bridgehead atoms. The molecule has 2 rings (SSSR count). The number of methoxy groups -OCH3 is 1. The van der Waals surface area contributed by atoms with E-state index in [0.29, 0.717) is 5.56 Å². The Kier molecular flexibility index (Phi) is 3.65. The van der Waals surface area contributed by atoms with Gasteiger partial charge in [0.15, 0.2) is 5.78 Å². The van der Waals surface area contributed by atoms with Gasteiger partial charge in [0.2, 0.25) is 0 Å². The quantitative estimate of drug-likeness (QED) is 0.475. The van der Waals surface area contributed by atoms with Crippen LogP contribution in [-0.2, 0) is 20.7 Å². The summed E-state index contributed by atoms with van der Waals surface area (Å²) < 4.78 is 4.75. The molecule has 104 valence electrons. The van der Waals surface area contributed by atoms with Crippen LogP contribution in [0.4, 0.5) is 5.69 Å². The van der Waals surface area contributed by atoms with Crippen molar-refractivity contribution in [3.05, 3.63) is 52.1 Å². The lowest BCUT2D eigenvalue weighted by Crippen LogP contribution is -2.32. The largest absolute Gasteiger partial charge is 0.468 e. The Morgan fingerprint density at radius 3 is 2.70 bits per heavy atom. The maximum Gasteiger partial charge on any atom is 0.316 e. The molecule has 1 aliphatic rings. The molecular formula is C14H13NO5. The van der Waals surface area contributed by atoms with Gasteiger partial charge >= 0.3 is 5.97 Å². The summed E-state index contributed by atoms with van der Waals surface area (Å²) >= 11 is 0. The zero-order valence-electron chi connectivity index (χ0n) is 10.9. The summed E-state index contributed by atoms with van der Waals surface area (Å²) in [6.07, 6.45) is 2.86. The van der Waals surface area contributed by atoms with Gasteiger partial charge in [-0.1, -0.05) is 24.3 Å². The number of hydrogen-bond donors (Lipinski definition) is 0. The Labute approximate surface area is 115 Å². The number of nitrogens with zero attached hydrogens (tertiary/aromatic N) is 1. The number of ketones is 1. The van der Waals surface area contributed by atoms with Gasteiger partial charge in [0.25, 0.3) is 5.69 Å². The topological polar surface area (TPSA) is 86.5 Å². The molecule has 6 heteroatoms. The highest BCUT2D eigenvalue weighted by atomic mass is 16.6. The maximum atomic E-state index is 12.0. The normalized spacial score (nSPS) is 20.9. The van der Waals surface area contributed by atoms with E-state index in [2.05, 4.69) is 0 Å². The number of nitro benzene ring substituents is 1. The molecule has 0 fully saturated rings. The minimum Gasteiger partial charge on any atom is -0.468 e. The Morgan fingerprint density at radius 2 is 2.15 bits per heavy atom. The number of benzene rings is 1. The van der Waals surface area contributed by atoms with Crippen molar-refractivity contribution in [3.63, 3.8) is 0 Å². The van der Waals surface area contributed by atoms with Crippen LogP contribution in [0.1, 0.15) is 12.0 Å². The van der Waals surface area contributed by atoms with E-state index in [1.807, 2.05) is 0 Å². The van der Waals surface area contributed by atoms with Crippen molar-refractivity contribution in [2.24, 2.45) is 5.41 Å². The van der Waals surface area contributed by atoms with Gasteiger partial charge in [0.1, 0.15) is 0 Å². The van der Waals surface area contributed by atoms with E-state index < -0.39 is 16.3 Å². The van der Waals surface area contributed by atoms with Gasteiger partial charge in [0.05, 0.1) is 17.4 Å². The Hall–Kier alpha value is -2.50. The summed E-state index contributed by atoms with van der Waals surface area (Å²) in [7, 11) is 1.24. The zero-order valence-corrected chi connectivity index (χ0v) is 10.9. The second kappa shape index (κ2) is 5.24. The van der Waals surface area contributed by atoms with Gasteiger partial charge in [-0.15, -0.1) is 0 Å². The molecule has 0 amide bonds. The van der Waals surface area contributed by atoms with E-state index in [1.54, 1.807) is 18.2 Å². The van der Waals surface area contributed by atoms with Gasteiger partial charge < -0.3 is 4.74 Å². The molecule has 1 atom stereocenters. The summed E-state index contributed by atoms with van der Waals surface area (Å²) in [5.74, 6) is -0.744. The highest BCUT2D eigenvalue weighted by molar-refractivity contribution is 5.99. The van der Waals surface area contributed by atoms with Crippen LogP contribution in [0.2, 0.25) is 0 Å². The number of carbonyl (C=O) groups is 2. The number of ether oxygens (including phenoxy) is 1. The summed E-state index contributed by atoms with van der Waals surface area (Å²) in [5.41, 5.74) is -0.802. The highest BCUT2D eigenvalue weighted by Gasteiger charge is 2.43. The molecular weight excluding hydrogens is 262 g/mol. The monoisotopic (exact) mass is 275 g/mol. The summed E-state index contributed by atoms with van der Waals surface area (Å²) in [5, 5.41) is 11.0. The summed E-state index contributed by atoms with van der Waals surface area (Å²) in [6.45, 7) is 0. The molecule has 1 aromatic carbocycles. The molecule has 0 saturated carbocycles. The third kappa shape index (κ3) is 2.45. The van der Waals surface area contributed by atoms with Crippen molar-refractivity contribution in [3.8, 4) is 0 Å². The number of carbonyl (C=O) groups excluding carboxylic acids is 2. The molecule has 20 heavy (non-hydrogen) atoms. The van der Waals surface area contributed by atoms with E-state index in [9.17, 15) is 19.7 Å². The van der Waals surface area contributed by atoms with Crippen molar-refractivity contribution in [1.29, 1.82) is 0 Å². The Balaban J connectivity index is 2.40. The molecule has 0 heterocycles. The molecule has 1 aromatic rings. The number of para-hydroxylation sites is 1. The van der Waals surface area contributed by atoms with Gasteiger partial charge in [0, 0.05) is 18.1 Å². The maximum absolute atomic E-state index is 12.0. The number of allylic oxidation sites excluding steroid dienone is 1. The van der Waals surface area contributed by atoms with Gasteiger partial charge in [-0.2, -0.15) is 0 Å². The fourth-order valence-electron chi connectivity index (χ4n) is 2.40. The summed E-state index contributed by atoms with van der Waals surface area (Å²) in [6, 6.07) is 6.18. The third-order valence-corrected chi connectivity index (χ3v) is 3.36. The number of nitro groups is 1. The molecule has 0 saturated heterocycles. The van der Waals surface area contributed by atoms with Gasteiger partial charge in [-0.3, -0.25) is 19.7 Å². The predicted octanol–water partition coefficient (Wildman–Crippen LogP) is 1.83. The molecule has 0 aliphatic heterocycles. The van der Waals surface area contributed by atoms with E-state index in [0.717, 1.165) is 0 Å². The van der Waals surface area contributed by atoms with Crippen molar-refractivity contribution >= 4 is 17.4 Å². The van der Waals surface area contributed by atoms with Crippen LogP contribution in [0.15, 0.2) is 36.4 Å². The van der Waals surface area contributed by atoms with Crippen LogP contribution in [0.3, 0.4) is 0 Å². The SMILES string of the molecule is COC(=O)C1(Cc2ccccc2[N+](=O)[O-])C=CC(=O)C1. The minimum absolute atomic E-state index is 0.0221. The smallest absolute Gasteiger partial charge is 0.316 e. The lowest BCUT2D eigenvalue weighted by Gasteiger charge is -2.23. The lowest BCUT2D eigenvalue weighted by molar-refractivity contribution is -0.385. The minimum atomic E-state index is -1.14. The van der Waals surface area contributed by atoms with Crippen LogP contribution in [0.25, 0.3) is 0 Å². The Bertz CT molecular complexity index is 607. The molecule has 0 radical (unpaired) electrons. The number of esters is 1. The lowest BCUT2D eigenvalue weighted by atomic mass is 9.80. The second-order valence-corrected chi connectivity index (χ2v) is 4.69. The van der Waals surface area contributed by atoms with E-state index in [4.69, 9.17) is 4.74 Å². The second-order valence-electron chi connectivity index (χ2n) is 4.69. The standard InChI is InChI=1S/C14H13NO5/c1-20-13(17)14(7-6-11(16)9-14)8-10-4-2-3-5-12(10)15(18)19/h2-7H,8-9H2,1H3. The molecule has 1 unspecified atom stereocenters. The first-order chi connectivity index (χ1) is 9.48. The summed E-state index contributed by atoms with van der Waals surface area (Å²) in [4.78, 5) is 33.9. The van der Waals surface area contributed by atoms with Crippen LogP contribution >= 0.6 is 0 Å². The van der Waals surface area contributed by atoms with Crippen LogP contribution < -0.4 is 0 Å². The molecule has 6 nitrogen and oxygen atoms in total. The Morgan fingerprint density at radius 1 is 1.45 bits per heavy atom. The van der Waals surface area contributed by atoms with E-state index in [1.165, 1.54) is 25.3 Å². The van der Waals surface area contributed by atoms with Crippen molar-refractivity contribution in [2.45, 2.75) is 12.8 Å². The molecule has 1 aliphatic carbocycles. The fourth-order valence-corrected chi connectivity index (χ4v) is 2.40. The highest BCUT2D eigenvalue weighted by Crippen LogP contribution is 2.37. The number of rotatable bonds is 4. The van der Waals surface area contributed by atoms with Crippen LogP contribution in [0, 0.1) is 15.5 Å². The third-order valence-electron chi connectivity index (χ3n) is 3.36. The van der Waals surface area contributed by atoms with Crippen molar-refractivity contribution < 1.29 is 19.2 Å². The molecule has 0 aromatic heterocycles. The average molecular weight is 275 g/mol. The van der Waals surface area contributed by atoms with Crippen LogP contribution in [0.5, 0.6) is 0 Å². The first kappa shape index (κ1) is 13.9. The fraction of sp³-hybridized carbons (Fsp3) is 0.286. The van der Waals surface area contributed by atoms with Gasteiger partial charge in [-0.25, -0.2) is 0 Å². The van der Waals surface area contributed by atoms with Crippen molar-refractivity contribution in [1.82, 2.24) is 0 Å². The predicted molar refractivity (Wildman–Crippen MR) is 70.0 cm³/mol. The van der Waals surface area contributed by atoms with Crippen LogP contribution in [-0.4, -0.2) is 23.8 Å². The first-order valence-corrected chi connectivity index (χ1v) is 6.01. The molecule has 0 spiro atoms. The average Bonchev–Trinajstić information content (AvgIpc) is 2.80. The zero-order chi connectivity index (χ0) is 14.8.